The lowest BCUT2D eigenvalue weighted by Crippen LogP contribution is -2.20. The molecule has 0 aromatic carbocycles. The number of primary amides is 1. The maximum Gasteiger partial charge on any atom is 0.341 e. The zero-order valence-electron chi connectivity index (χ0n) is 9.39. The van der Waals surface area contributed by atoms with Crippen LogP contribution < -0.4 is 5.73 Å². The predicted molar refractivity (Wildman–Crippen MR) is 63.2 cm³/mol. The Hall–Kier alpha value is -2.04. The molecule has 0 saturated heterocycles. The number of nitrogens with two attached hydrogens (primary N) is 1. The first-order valence-corrected chi connectivity index (χ1v) is 5.44. The lowest BCUT2D eigenvalue weighted by molar-refractivity contribution is 0.209. The molecule has 2 N–H and O–H groups in total. The van der Waals surface area contributed by atoms with Crippen LogP contribution in [0, 0.1) is 0 Å². The normalized spacial score (nSPS) is 21.3. The Labute approximate surface area is 99.3 Å². The lowest BCUT2D eigenvalue weighted by Gasteiger charge is -2.18. The molecule has 1 aliphatic carbocycles. The first-order chi connectivity index (χ1) is 8.24. The molecule has 1 aliphatic heterocycles. The van der Waals surface area contributed by atoms with E-state index in [9.17, 15) is 4.79 Å². The van der Waals surface area contributed by atoms with Crippen LogP contribution in [0.3, 0.4) is 0 Å². The Kier molecular flexibility index (Phi) is 3.59. The van der Waals surface area contributed by atoms with E-state index < -0.39 is 6.03 Å². The molecule has 0 spiro atoms. The monoisotopic (exact) mass is 234 g/mol. The SMILES string of the molecule is NC(=O)N=C1COC=C(CC2=CC=CCC2)O1. The van der Waals surface area contributed by atoms with E-state index in [1.54, 1.807) is 6.26 Å². The summed E-state index contributed by atoms with van der Waals surface area (Å²) in [6, 6.07) is -0.773. The standard InChI is InChI=1S/C12H14N2O3/c13-12(15)14-11-8-16-7-10(17-11)6-9-4-2-1-3-5-9/h1-2,4,7H,3,5-6,8H2,(H2,13,15). The predicted octanol–water partition coefficient (Wildman–Crippen LogP) is 2.02. The number of urea groups is 1. The fraction of sp³-hybridized carbons (Fsp3) is 0.333. The summed E-state index contributed by atoms with van der Waals surface area (Å²) in [5.41, 5.74) is 6.22. The number of allylic oxidation sites excluding steroid dienone is 4. The average molecular weight is 234 g/mol. The van der Waals surface area contributed by atoms with Crippen molar-refractivity contribution < 1.29 is 14.3 Å². The molecule has 90 valence electrons. The molecule has 0 unspecified atom stereocenters. The minimum atomic E-state index is -0.773. The third-order valence-electron chi connectivity index (χ3n) is 2.41. The van der Waals surface area contributed by atoms with Crippen molar-refractivity contribution in [3.8, 4) is 0 Å². The zero-order valence-corrected chi connectivity index (χ0v) is 9.39. The van der Waals surface area contributed by atoms with Gasteiger partial charge >= 0.3 is 6.03 Å². The second-order valence-electron chi connectivity index (χ2n) is 3.81. The number of hydrogen-bond acceptors (Lipinski definition) is 3. The highest BCUT2D eigenvalue weighted by atomic mass is 16.6. The van der Waals surface area contributed by atoms with Gasteiger partial charge in [0.2, 0.25) is 5.90 Å². The third kappa shape index (κ3) is 3.48. The fourth-order valence-electron chi connectivity index (χ4n) is 1.69. The highest BCUT2D eigenvalue weighted by molar-refractivity contribution is 5.91. The molecule has 0 aromatic heterocycles. The summed E-state index contributed by atoms with van der Waals surface area (Å²) >= 11 is 0. The van der Waals surface area contributed by atoms with Gasteiger partial charge in [0.1, 0.15) is 12.0 Å². The second kappa shape index (κ2) is 5.34. The Morgan fingerprint density at radius 3 is 3.12 bits per heavy atom. The molecule has 0 atom stereocenters. The van der Waals surface area contributed by atoms with E-state index in [-0.39, 0.29) is 12.5 Å². The van der Waals surface area contributed by atoms with Gasteiger partial charge in [-0.3, -0.25) is 0 Å². The Morgan fingerprint density at radius 1 is 1.53 bits per heavy atom. The molecular weight excluding hydrogens is 220 g/mol. The van der Waals surface area contributed by atoms with Gasteiger partial charge in [-0.2, -0.15) is 4.99 Å². The van der Waals surface area contributed by atoms with Crippen LogP contribution in [0.5, 0.6) is 0 Å². The van der Waals surface area contributed by atoms with Crippen LogP contribution in [0.25, 0.3) is 0 Å². The summed E-state index contributed by atoms with van der Waals surface area (Å²) in [5, 5.41) is 0. The van der Waals surface area contributed by atoms with Crippen LogP contribution in [0.4, 0.5) is 4.79 Å². The number of aliphatic imine (C=N–C) groups is 1. The number of nitrogens with zero attached hydrogens (tertiary/aromatic N) is 1. The van der Waals surface area contributed by atoms with Crippen molar-refractivity contribution in [3.63, 3.8) is 0 Å². The first kappa shape index (κ1) is 11.4. The molecule has 0 aromatic rings. The van der Waals surface area contributed by atoms with E-state index in [4.69, 9.17) is 15.2 Å². The summed E-state index contributed by atoms with van der Waals surface area (Å²) in [6.07, 6.45) is 10.5. The van der Waals surface area contributed by atoms with Crippen LogP contribution in [-0.4, -0.2) is 18.5 Å². The number of rotatable bonds is 2. The van der Waals surface area contributed by atoms with E-state index in [0.29, 0.717) is 12.2 Å². The first-order valence-electron chi connectivity index (χ1n) is 5.44. The van der Waals surface area contributed by atoms with Crippen molar-refractivity contribution in [2.24, 2.45) is 10.7 Å². The van der Waals surface area contributed by atoms with Gasteiger partial charge in [-0.1, -0.05) is 23.8 Å². The number of carbonyl (C=O) groups excluding carboxylic acids is 1. The van der Waals surface area contributed by atoms with Crippen LogP contribution in [-0.2, 0) is 9.47 Å². The maximum absolute atomic E-state index is 10.6. The molecule has 5 nitrogen and oxygen atoms in total. The zero-order chi connectivity index (χ0) is 12.1. The van der Waals surface area contributed by atoms with Crippen LogP contribution in [0.1, 0.15) is 19.3 Å². The highest BCUT2D eigenvalue weighted by Gasteiger charge is 2.15. The van der Waals surface area contributed by atoms with Gasteiger partial charge in [0.25, 0.3) is 0 Å². The molecule has 2 amide bonds. The molecular formula is C12H14N2O3. The lowest BCUT2D eigenvalue weighted by atomic mass is 10.0. The van der Waals surface area contributed by atoms with E-state index in [1.807, 2.05) is 6.08 Å². The molecule has 5 heteroatoms. The van der Waals surface area contributed by atoms with E-state index >= 15 is 0 Å². The summed E-state index contributed by atoms with van der Waals surface area (Å²) in [7, 11) is 0. The molecule has 0 fully saturated rings. The van der Waals surface area contributed by atoms with Crippen LogP contribution in [0.15, 0.2) is 40.8 Å². The molecule has 0 bridgehead atoms. The third-order valence-corrected chi connectivity index (χ3v) is 2.41. The van der Waals surface area contributed by atoms with Gasteiger partial charge in [-0.15, -0.1) is 0 Å². The average Bonchev–Trinajstić information content (AvgIpc) is 2.30. The molecule has 2 rings (SSSR count). The van der Waals surface area contributed by atoms with E-state index in [1.165, 1.54) is 5.57 Å². The summed E-state index contributed by atoms with van der Waals surface area (Å²) in [5.74, 6) is 0.861. The van der Waals surface area contributed by atoms with Gasteiger partial charge in [0, 0.05) is 6.42 Å². The topological polar surface area (TPSA) is 73.9 Å². The van der Waals surface area contributed by atoms with Crippen LogP contribution in [0.2, 0.25) is 0 Å². The largest absolute Gasteiger partial charge is 0.488 e. The smallest absolute Gasteiger partial charge is 0.341 e. The van der Waals surface area contributed by atoms with Gasteiger partial charge in [0.05, 0.1) is 0 Å². The summed E-state index contributed by atoms with van der Waals surface area (Å²) in [4.78, 5) is 14.1. The number of ether oxygens (including phenoxy) is 2. The quantitative estimate of drug-likeness (QED) is 0.794. The van der Waals surface area contributed by atoms with Gasteiger partial charge < -0.3 is 15.2 Å². The fourth-order valence-corrected chi connectivity index (χ4v) is 1.69. The maximum atomic E-state index is 10.6. The van der Waals surface area contributed by atoms with Gasteiger partial charge in [-0.25, -0.2) is 4.79 Å². The van der Waals surface area contributed by atoms with Crippen molar-refractivity contribution >= 4 is 11.9 Å². The minimum absolute atomic E-state index is 0.144. The second-order valence-corrected chi connectivity index (χ2v) is 3.81. The number of amides is 2. The summed E-state index contributed by atoms with van der Waals surface area (Å²) in [6.45, 7) is 0.144. The molecule has 1 heterocycles. The van der Waals surface area contributed by atoms with E-state index in [2.05, 4.69) is 17.1 Å². The Balaban J connectivity index is 1.98. The molecule has 2 aliphatic rings. The highest BCUT2D eigenvalue weighted by Crippen LogP contribution is 2.22. The van der Waals surface area contributed by atoms with Gasteiger partial charge in [0.15, 0.2) is 6.61 Å². The number of carbonyl (C=O) groups is 1. The molecule has 0 saturated carbocycles. The number of hydrogen-bond donors (Lipinski definition) is 1. The van der Waals surface area contributed by atoms with Crippen molar-refractivity contribution in [2.75, 3.05) is 6.61 Å². The van der Waals surface area contributed by atoms with Crippen LogP contribution >= 0.6 is 0 Å². The van der Waals surface area contributed by atoms with Crippen molar-refractivity contribution in [3.05, 3.63) is 35.8 Å². The Bertz CT molecular complexity index is 433. The van der Waals surface area contributed by atoms with E-state index in [0.717, 1.165) is 12.8 Å². The minimum Gasteiger partial charge on any atom is -0.488 e. The van der Waals surface area contributed by atoms with Crippen molar-refractivity contribution in [1.82, 2.24) is 0 Å². The molecule has 17 heavy (non-hydrogen) atoms. The Morgan fingerprint density at radius 2 is 2.41 bits per heavy atom. The van der Waals surface area contributed by atoms with Gasteiger partial charge in [-0.05, 0) is 12.8 Å². The molecule has 0 radical (unpaired) electrons. The summed E-state index contributed by atoms with van der Waals surface area (Å²) < 4.78 is 10.6. The van der Waals surface area contributed by atoms with Crippen molar-refractivity contribution in [1.29, 1.82) is 0 Å². The van der Waals surface area contributed by atoms with Crippen molar-refractivity contribution in [2.45, 2.75) is 19.3 Å².